The molecule has 0 saturated carbocycles. The number of aryl methyl sites for hydroxylation is 1. The summed E-state index contributed by atoms with van der Waals surface area (Å²) < 4.78 is 0. The lowest BCUT2D eigenvalue weighted by Gasteiger charge is -2.24. The van der Waals surface area contributed by atoms with Crippen molar-refractivity contribution in [2.45, 2.75) is 24.8 Å². The quantitative estimate of drug-likeness (QED) is 0.698. The molecule has 28 heavy (non-hydrogen) atoms. The third-order valence-corrected chi connectivity index (χ3v) is 5.32. The first-order valence-electron chi connectivity index (χ1n) is 9.46. The van der Waals surface area contributed by atoms with E-state index in [-0.39, 0.29) is 11.8 Å². The summed E-state index contributed by atoms with van der Waals surface area (Å²) in [5.74, 6) is -0.968. The molecule has 2 amide bonds. The normalized spacial score (nSPS) is 13.4. The number of primary amides is 1. The molecule has 1 aliphatic rings. The van der Waals surface area contributed by atoms with E-state index in [1.54, 1.807) is 0 Å². The van der Waals surface area contributed by atoms with E-state index in [9.17, 15) is 9.59 Å². The fourth-order valence-corrected chi connectivity index (χ4v) is 4.02. The standard InChI is InChI=1S/C24H22N2O2/c25-24(28)23(26-21(27)15-14-16-8-2-1-3-9-16)22-19-12-6-4-10-17(19)18-11-5-7-13-20(18)22/h1-13,22-23H,14-15H2,(H2,25,28)(H,26,27)/t23-/m1/s1. The fraction of sp³-hybridized carbons (Fsp3) is 0.167. The zero-order chi connectivity index (χ0) is 19.5. The molecule has 1 aliphatic carbocycles. The van der Waals surface area contributed by atoms with Gasteiger partial charge in [0.2, 0.25) is 11.8 Å². The lowest BCUT2D eigenvalue weighted by atomic mass is 9.88. The third kappa shape index (κ3) is 3.41. The molecular weight excluding hydrogens is 348 g/mol. The molecule has 0 heterocycles. The smallest absolute Gasteiger partial charge is 0.240 e. The van der Waals surface area contributed by atoms with E-state index >= 15 is 0 Å². The van der Waals surface area contributed by atoms with Gasteiger partial charge < -0.3 is 11.1 Å². The molecule has 0 aliphatic heterocycles. The molecule has 140 valence electrons. The molecule has 4 nitrogen and oxygen atoms in total. The van der Waals surface area contributed by atoms with Crippen molar-refractivity contribution in [3.63, 3.8) is 0 Å². The maximum Gasteiger partial charge on any atom is 0.240 e. The van der Waals surface area contributed by atoms with Gasteiger partial charge in [-0.3, -0.25) is 9.59 Å². The Balaban J connectivity index is 1.58. The molecule has 1 atom stereocenters. The van der Waals surface area contributed by atoms with Gasteiger partial charge in [0.1, 0.15) is 6.04 Å². The summed E-state index contributed by atoms with van der Waals surface area (Å²) in [6.45, 7) is 0. The Morgan fingerprint density at radius 2 is 1.36 bits per heavy atom. The highest BCUT2D eigenvalue weighted by atomic mass is 16.2. The average Bonchev–Trinajstić information content (AvgIpc) is 3.05. The first-order chi connectivity index (χ1) is 13.6. The summed E-state index contributed by atoms with van der Waals surface area (Å²) in [4.78, 5) is 24.9. The SMILES string of the molecule is NC(=O)[C@H](NC(=O)CCc1ccccc1)C1c2ccccc2-c2ccccc21. The fourth-order valence-electron chi connectivity index (χ4n) is 4.02. The molecule has 0 fully saturated rings. The highest BCUT2D eigenvalue weighted by molar-refractivity contribution is 5.91. The Morgan fingerprint density at radius 3 is 1.93 bits per heavy atom. The minimum atomic E-state index is -0.784. The number of nitrogens with two attached hydrogens (primary N) is 1. The van der Waals surface area contributed by atoms with Crippen LogP contribution in [0.25, 0.3) is 11.1 Å². The number of hydrogen-bond acceptors (Lipinski definition) is 2. The van der Waals surface area contributed by atoms with Crippen LogP contribution in [0.5, 0.6) is 0 Å². The van der Waals surface area contributed by atoms with Crippen molar-refractivity contribution in [1.82, 2.24) is 5.32 Å². The average molecular weight is 370 g/mol. The predicted molar refractivity (Wildman–Crippen MR) is 110 cm³/mol. The van der Waals surface area contributed by atoms with Gasteiger partial charge in [-0.1, -0.05) is 78.9 Å². The number of carbonyl (C=O) groups is 2. The molecule has 4 rings (SSSR count). The van der Waals surface area contributed by atoms with Gasteiger partial charge in [-0.25, -0.2) is 0 Å². The Morgan fingerprint density at radius 1 is 0.821 bits per heavy atom. The maximum absolute atomic E-state index is 12.6. The summed E-state index contributed by atoms with van der Waals surface area (Å²) in [6, 6.07) is 25.0. The topological polar surface area (TPSA) is 72.2 Å². The van der Waals surface area contributed by atoms with E-state index in [2.05, 4.69) is 5.32 Å². The minimum absolute atomic E-state index is 0.172. The van der Waals surface area contributed by atoms with Gasteiger partial charge in [-0.05, 0) is 34.2 Å². The number of nitrogens with one attached hydrogen (secondary N) is 1. The molecule has 0 aromatic heterocycles. The maximum atomic E-state index is 12.6. The second-order valence-corrected chi connectivity index (χ2v) is 7.09. The van der Waals surface area contributed by atoms with E-state index in [0.717, 1.165) is 27.8 Å². The zero-order valence-corrected chi connectivity index (χ0v) is 15.5. The van der Waals surface area contributed by atoms with Gasteiger partial charge in [0.15, 0.2) is 0 Å². The van der Waals surface area contributed by atoms with Crippen LogP contribution in [-0.4, -0.2) is 17.9 Å². The molecule has 3 aromatic rings. The predicted octanol–water partition coefficient (Wildman–Crippen LogP) is 3.40. The van der Waals surface area contributed by atoms with Crippen LogP contribution in [0, 0.1) is 0 Å². The summed E-state index contributed by atoms with van der Waals surface area (Å²) >= 11 is 0. The second kappa shape index (κ2) is 7.69. The molecule has 0 radical (unpaired) electrons. The summed E-state index contributed by atoms with van der Waals surface area (Å²) in [5, 5.41) is 2.90. The van der Waals surface area contributed by atoms with Gasteiger partial charge in [-0.15, -0.1) is 0 Å². The molecule has 0 bridgehead atoms. The number of carbonyl (C=O) groups excluding carboxylic acids is 2. The van der Waals surface area contributed by atoms with Crippen molar-refractivity contribution in [3.8, 4) is 11.1 Å². The second-order valence-electron chi connectivity index (χ2n) is 7.09. The zero-order valence-electron chi connectivity index (χ0n) is 15.5. The Bertz CT molecular complexity index is 968. The largest absolute Gasteiger partial charge is 0.368 e. The van der Waals surface area contributed by atoms with Gasteiger partial charge in [0.05, 0.1) is 0 Å². The molecule has 0 spiro atoms. The van der Waals surface area contributed by atoms with Crippen molar-refractivity contribution >= 4 is 11.8 Å². The lowest BCUT2D eigenvalue weighted by Crippen LogP contribution is -2.48. The van der Waals surface area contributed by atoms with Crippen LogP contribution in [0.2, 0.25) is 0 Å². The summed E-state index contributed by atoms with van der Waals surface area (Å²) in [7, 11) is 0. The van der Waals surface area contributed by atoms with Crippen molar-refractivity contribution in [2.75, 3.05) is 0 Å². The lowest BCUT2D eigenvalue weighted by molar-refractivity contribution is -0.127. The number of rotatable bonds is 6. The van der Waals surface area contributed by atoms with Crippen LogP contribution in [0.4, 0.5) is 0 Å². The van der Waals surface area contributed by atoms with Crippen molar-refractivity contribution in [3.05, 3.63) is 95.6 Å². The van der Waals surface area contributed by atoms with Crippen LogP contribution in [-0.2, 0) is 16.0 Å². The molecule has 4 heteroatoms. The Hall–Kier alpha value is -3.40. The van der Waals surface area contributed by atoms with Crippen LogP contribution in [0.15, 0.2) is 78.9 Å². The Labute approximate surface area is 164 Å². The van der Waals surface area contributed by atoms with Crippen LogP contribution >= 0.6 is 0 Å². The van der Waals surface area contributed by atoms with E-state index in [1.807, 2.05) is 78.9 Å². The van der Waals surface area contributed by atoms with E-state index in [4.69, 9.17) is 5.73 Å². The van der Waals surface area contributed by atoms with Gasteiger partial charge >= 0.3 is 0 Å². The highest BCUT2D eigenvalue weighted by Gasteiger charge is 2.37. The number of hydrogen-bond donors (Lipinski definition) is 2. The van der Waals surface area contributed by atoms with Crippen molar-refractivity contribution in [1.29, 1.82) is 0 Å². The molecule has 0 saturated heterocycles. The van der Waals surface area contributed by atoms with Crippen LogP contribution < -0.4 is 11.1 Å². The van der Waals surface area contributed by atoms with Gasteiger partial charge in [0.25, 0.3) is 0 Å². The number of benzene rings is 3. The van der Waals surface area contributed by atoms with E-state index in [1.165, 1.54) is 0 Å². The molecular formula is C24H22N2O2. The molecule has 3 N–H and O–H groups in total. The first-order valence-corrected chi connectivity index (χ1v) is 9.46. The summed E-state index contributed by atoms with van der Waals surface area (Å²) in [5.41, 5.74) is 11.0. The number of fused-ring (bicyclic) bond motifs is 3. The minimum Gasteiger partial charge on any atom is -0.368 e. The van der Waals surface area contributed by atoms with Crippen molar-refractivity contribution in [2.24, 2.45) is 5.73 Å². The summed E-state index contributed by atoms with van der Waals surface area (Å²) in [6.07, 6.45) is 0.930. The van der Waals surface area contributed by atoms with E-state index in [0.29, 0.717) is 12.8 Å². The molecule has 0 unspecified atom stereocenters. The highest BCUT2D eigenvalue weighted by Crippen LogP contribution is 2.46. The van der Waals surface area contributed by atoms with Gasteiger partial charge in [0, 0.05) is 12.3 Å². The van der Waals surface area contributed by atoms with Gasteiger partial charge in [-0.2, -0.15) is 0 Å². The number of amides is 2. The molecule has 3 aromatic carbocycles. The first kappa shape index (κ1) is 18.0. The van der Waals surface area contributed by atoms with Crippen LogP contribution in [0.3, 0.4) is 0 Å². The monoisotopic (exact) mass is 370 g/mol. The van der Waals surface area contributed by atoms with E-state index < -0.39 is 11.9 Å². The van der Waals surface area contributed by atoms with Crippen LogP contribution in [0.1, 0.15) is 29.0 Å². The third-order valence-electron chi connectivity index (χ3n) is 5.32. The van der Waals surface area contributed by atoms with Crippen molar-refractivity contribution < 1.29 is 9.59 Å². The Kier molecular flexibility index (Phi) is 4.94.